The summed E-state index contributed by atoms with van der Waals surface area (Å²) in [5, 5.41) is 23.0. The molecule has 0 aliphatic heterocycles. The predicted molar refractivity (Wildman–Crippen MR) is 333 cm³/mol. The highest BCUT2D eigenvalue weighted by molar-refractivity contribution is 5.76. The van der Waals surface area contributed by atoms with Crippen molar-refractivity contribution in [3.63, 3.8) is 0 Å². The van der Waals surface area contributed by atoms with E-state index in [2.05, 4.69) is 31.3 Å². The van der Waals surface area contributed by atoms with Crippen LogP contribution in [-0.4, -0.2) is 47.4 Å². The third-order valence-corrected chi connectivity index (χ3v) is 16.2. The van der Waals surface area contributed by atoms with Crippen molar-refractivity contribution in [3.05, 3.63) is 24.3 Å². The molecule has 76 heavy (non-hydrogen) atoms. The molecule has 2 atom stereocenters. The van der Waals surface area contributed by atoms with Crippen molar-refractivity contribution < 1.29 is 24.5 Å². The van der Waals surface area contributed by atoms with E-state index in [1.165, 1.54) is 321 Å². The maximum atomic E-state index is 12.4. The first-order valence-corrected chi connectivity index (χ1v) is 34.6. The number of amides is 1. The van der Waals surface area contributed by atoms with Gasteiger partial charge < -0.3 is 20.3 Å². The molecule has 3 N–H and O–H groups in total. The third-order valence-electron chi connectivity index (χ3n) is 16.2. The first-order chi connectivity index (χ1) is 37.5. The maximum Gasteiger partial charge on any atom is 0.305 e. The average Bonchev–Trinajstić information content (AvgIpc) is 3.42. The molecule has 0 aromatic heterocycles. The lowest BCUT2D eigenvalue weighted by Crippen LogP contribution is -2.45. The van der Waals surface area contributed by atoms with Gasteiger partial charge in [0.1, 0.15) is 0 Å². The number of ether oxygens (including phenoxy) is 1. The summed E-state index contributed by atoms with van der Waals surface area (Å²) in [6, 6.07) is -0.621. The number of allylic oxidation sites excluding steroid dienone is 3. The number of hydrogen-bond acceptors (Lipinski definition) is 5. The van der Waals surface area contributed by atoms with E-state index in [9.17, 15) is 19.8 Å². The van der Waals surface area contributed by atoms with E-state index < -0.39 is 12.1 Å². The minimum Gasteiger partial charge on any atom is -0.466 e. The van der Waals surface area contributed by atoms with E-state index in [1.54, 1.807) is 6.08 Å². The zero-order valence-corrected chi connectivity index (χ0v) is 51.5. The summed E-state index contributed by atoms with van der Waals surface area (Å²) in [4.78, 5) is 24.5. The second-order valence-corrected chi connectivity index (χ2v) is 23.9. The Hall–Kier alpha value is -1.66. The fourth-order valence-corrected chi connectivity index (χ4v) is 10.9. The molecule has 450 valence electrons. The molecular weight excluding hydrogens is 935 g/mol. The van der Waals surface area contributed by atoms with Crippen molar-refractivity contribution in [1.29, 1.82) is 0 Å². The zero-order valence-electron chi connectivity index (χ0n) is 51.5. The van der Waals surface area contributed by atoms with Gasteiger partial charge in [-0.25, -0.2) is 0 Å². The fraction of sp³-hybridized carbons (Fsp3) is 0.914. The van der Waals surface area contributed by atoms with Gasteiger partial charge in [0.15, 0.2) is 0 Å². The number of aliphatic hydroxyl groups excluding tert-OH is 2. The average molecular weight is 1070 g/mol. The summed E-state index contributed by atoms with van der Waals surface area (Å²) in [6.07, 6.45) is 82.8. The smallest absolute Gasteiger partial charge is 0.305 e. The molecule has 0 spiro atoms. The Morgan fingerprint density at radius 2 is 0.618 bits per heavy atom. The van der Waals surface area contributed by atoms with E-state index in [-0.39, 0.29) is 18.5 Å². The highest BCUT2D eigenvalue weighted by Crippen LogP contribution is 2.19. The number of aliphatic hydroxyl groups is 2. The van der Waals surface area contributed by atoms with Crippen LogP contribution in [0.15, 0.2) is 24.3 Å². The van der Waals surface area contributed by atoms with Gasteiger partial charge in [-0.15, -0.1) is 0 Å². The third kappa shape index (κ3) is 61.6. The van der Waals surface area contributed by atoms with Crippen molar-refractivity contribution in [2.24, 2.45) is 0 Å². The molecule has 2 unspecified atom stereocenters. The second kappa shape index (κ2) is 65.9. The van der Waals surface area contributed by atoms with Gasteiger partial charge >= 0.3 is 5.97 Å². The lowest BCUT2D eigenvalue weighted by molar-refractivity contribution is -0.143. The number of carbonyl (C=O) groups is 2. The first-order valence-electron chi connectivity index (χ1n) is 34.6. The molecule has 0 fully saturated rings. The number of nitrogens with one attached hydrogen (secondary N) is 1. The van der Waals surface area contributed by atoms with E-state index >= 15 is 0 Å². The van der Waals surface area contributed by atoms with Crippen molar-refractivity contribution in [2.75, 3.05) is 13.2 Å². The summed E-state index contributed by atoms with van der Waals surface area (Å²) in [5.74, 6) is -0.0459. The van der Waals surface area contributed by atoms with Gasteiger partial charge in [0.25, 0.3) is 0 Å². The molecule has 0 saturated carbocycles. The molecule has 6 heteroatoms. The van der Waals surface area contributed by atoms with Gasteiger partial charge in [-0.1, -0.05) is 340 Å². The van der Waals surface area contributed by atoms with Crippen LogP contribution in [-0.2, 0) is 14.3 Å². The van der Waals surface area contributed by atoms with Crippen molar-refractivity contribution in [3.8, 4) is 0 Å². The molecule has 0 aliphatic carbocycles. The van der Waals surface area contributed by atoms with Crippen molar-refractivity contribution in [2.45, 2.75) is 398 Å². The Morgan fingerprint density at radius 1 is 0.355 bits per heavy atom. The molecule has 0 aliphatic rings. The Labute approximate surface area is 475 Å². The Bertz CT molecular complexity index is 1190. The number of carbonyl (C=O) groups excluding carboxylic acids is 2. The summed E-state index contributed by atoms with van der Waals surface area (Å²) in [7, 11) is 0. The van der Waals surface area contributed by atoms with Crippen LogP contribution >= 0.6 is 0 Å². The van der Waals surface area contributed by atoms with E-state index in [1.807, 2.05) is 6.08 Å². The summed E-state index contributed by atoms with van der Waals surface area (Å²) in [5.41, 5.74) is 0. The molecule has 0 rings (SSSR count). The normalized spacial score (nSPS) is 12.6. The van der Waals surface area contributed by atoms with E-state index in [4.69, 9.17) is 4.74 Å². The molecule has 0 saturated heterocycles. The highest BCUT2D eigenvalue weighted by Gasteiger charge is 2.18. The van der Waals surface area contributed by atoms with E-state index in [0.29, 0.717) is 19.4 Å². The molecule has 1 amide bonds. The quantitative estimate of drug-likeness (QED) is 0.0320. The SMILES string of the molecule is CCCCCCCC/C=C\CCCCCCCCCC(=O)OCCCCCCCCCCCCCCCCCCCCCCCCCCCCCCCCCCCC(=O)NC(CO)C(O)/C=C/CCCCCCCCC. The molecule has 0 bridgehead atoms. The standard InChI is InChI=1S/C70H135NO5/c1-3-5-7-9-11-13-14-15-16-34-38-41-44-48-52-56-60-64-70(75)76-65-61-57-53-49-45-42-39-36-33-31-29-27-25-23-21-19-17-18-20-22-24-26-28-30-32-35-37-40-43-47-51-55-59-63-69(74)71-67(66-72)68(73)62-58-54-50-46-12-10-8-6-4-2/h15-16,58,62,67-68,72-73H,3-14,17-57,59-61,63-66H2,1-2H3,(H,71,74)/b16-15-,62-58+. The zero-order chi connectivity index (χ0) is 55.0. The fourth-order valence-electron chi connectivity index (χ4n) is 10.9. The predicted octanol–water partition coefficient (Wildman–Crippen LogP) is 22.1. The minimum atomic E-state index is -0.838. The summed E-state index contributed by atoms with van der Waals surface area (Å²) < 4.78 is 5.50. The van der Waals surface area contributed by atoms with Crippen LogP contribution < -0.4 is 5.32 Å². The Kier molecular flexibility index (Phi) is 64.4. The molecule has 0 heterocycles. The van der Waals surface area contributed by atoms with Crippen LogP contribution in [0.2, 0.25) is 0 Å². The summed E-state index contributed by atoms with van der Waals surface area (Å²) in [6.45, 7) is 4.90. The van der Waals surface area contributed by atoms with Crippen LogP contribution in [0.25, 0.3) is 0 Å². The van der Waals surface area contributed by atoms with Crippen molar-refractivity contribution >= 4 is 11.9 Å². The lowest BCUT2D eigenvalue weighted by Gasteiger charge is -2.20. The van der Waals surface area contributed by atoms with Crippen LogP contribution in [0.3, 0.4) is 0 Å². The van der Waals surface area contributed by atoms with Gasteiger partial charge in [-0.3, -0.25) is 9.59 Å². The largest absolute Gasteiger partial charge is 0.466 e. The molecule has 0 aromatic carbocycles. The maximum absolute atomic E-state index is 12.4. The molecule has 0 aromatic rings. The van der Waals surface area contributed by atoms with Gasteiger partial charge in [-0.05, 0) is 57.8 Å². The van der Waals surface area contributed by atoms with Crippen molar-refractivity contribution in [1.82, 2.24) is 5.32 Å². The van der Waals surface area contributed by atoms with Gasteiger partial charge in [-0.2, -0.15) is 0 Å². The van der Waals surface area contributed by atoms with Gasteiger partial charge in [0.2, 0.25) is 5.91 Å². The number of esters is 1. The number of rotatable bonds is 65. The van der Waals surface area contributed by atoms with Gasteiger partial charge in [0.05, 0.1) is 25.4 Å². The first kappa shape index (κ1) is 74.3. The van der Waals surface area contributed by atoms with E-state index in [0.717, 1.165) is 38.5 Å². The highest BCUT2D eigenvalue weighted by atomic mass is 16.5. The molecular formula is C70H135NO5. The van der Waals surface area contributed by atoms with Crippen LogP contribution in [0.4, 0.5) is 0 Å². The van der Waals surface area contributed by atoms with Crippen LogP contribution in [0, 0.1) is 0 Å². The number of unbranched alkanes of at least 4 members (excludes halogenated alkanes) is 52. The number of hydrogen-bond donors (Lipinski definition) is 3. The monoisotopic (exact) mass is 1070 g/mol. The Morgan fingerprint density at radius 3 is 0.934 bits per heavy atom. The molecule has 0 radical (unpaired) electrons. The van der Waals surface area contributed by atoms with Crippen LogP contribution in [0.5, 0.6) is 0 Å². The molecule has 6 nitrogen and oxygen atoms in total. The van der Waals surface area contributed by atoms with Crippen LogP contribution in [0.1, 0.15) is 386 Å². The minimum absolute atomic E-state index is 0.0185. The van der Waals surface area contributed by atoms with Gasteiger partial charge in [0, 0.05) is 12.8 Å². The summed E-state index contributed by atoms with van der Waals surface area (Å²) >= 11 is 0. The second-order valence-electron chi connectivity index (χ2n) is 23.9. The Balaban J connectivity index is 3.28. The topological polar surface area (TPSA) is 95.9 Å². The lowest BCUT2D eigenvalue weighted by atomic mass is 10.0.